The molecule has 0 aliphatic rings. The zero-order chi connectivity index (χ0) is 12.0. The fourth-order valence-electron chi connectivity index (χ4n) is 1.40. The van der Waals surface area contributed by atoms with Crippen molar-refractivity contribution in [1.29, 1.82) is 0 Å². The predicted octanol–water partition coefficient (Wildman–Crippen LogP) is 2.58. The van der Waals surface area contributed by atoms with Gasteiger partial charge in [-0.15, -0.1) is 0 Å². The van der Waals surface area contributed by atoms with Crippen molar-refractivity contribution in [3.8, 4) is 0 Å². The smallest absolute Gasteiger partial charge is 0.343 e. The molecule has 1 atom stereocenters. The van der Waals surface area contributed by atoms with Gasteiger partial charge in [0.1, 0.15) is 11.4 Å². The zero-order valence-corrected chi connectivity index (χ0v) is 10.4. The van der Waals surface area contributed by atoms with E-state index in [0.29, 0.717) is 5.76 Å². The second-order valence-corrected chi connectivity index (χ2v) is 5.31. The Morgan fingerprint density at radius 3 is 2.44 bits per heavy atom. The van der Waals surface area contributed by atoms with E-state index >= 15 is 0 Å². The molecule has 1 N–H and O–H groups in total. The first kappa shape index (κ1) is 13.5. The minimum Gasteiger partial charge on any atom is -0.468 e. The topological polar surface area (TPSA) is 68.9 Å². The SMILES string of the molecule is CCOP(=O)(OCC)C(CO)c1ccco1. The van der Waals surface area contributed by atoms with E-state index in [0.717, 1.165) is 0 Å². The lowest BCUT2D eigenvalue weighted by Crippen LogP contribution is -2.09. The normalized spacial score (nSPS) is 13.9. The summed E-state index contributed by atoms with van der Waals surface area (Å²) < 4.78 is 27.8. The van der Waals surface area contributed by atoms with Crippen LogP contribution in [0.4, 0.5) is 0 Å². The Morgan fingerprint density at radius 1 is 1.44 bits per heavy atom. The standard InChI is InChI=1S/C10H17O5P/c1-3-14-16(12,15-4-2)10(8-11)9-6-5-7-13-9/h5-7,10-11H,3-4,8H2,1-2H3. The molecule has 16 heavy (non-hydrogen) atoms. The molecule has 1 aromatic heterocycles. The maximum atomic E-state index is 12.4. The van der Waals surface area contributed by atoms with Crippen LogP contribution in [0, 0.1) is 0 Å². The van der Waals surface area contributed by atoms with Gasteiger partial charge >= 0.3 is 7.60 Å². The van der Waals surface area contributed by atoms with Gasteiger partial charge in [0.2, 0.25) is 0 Å². The summed E-state index contributed by atoms with van der Waals surface area (Å²) in [6, 6.07) is 3.31. The average molecular weight is 248 g/mol. The van der Waals surface area contributed by atoms with Crippen molar-refractivity contribution in [2.24, 2.45) is 0 Å². The van der Waals surface area contributed by atoms with Crippen molar-refractivity contribution in [3.63, 3.8) is 0 Å². The number of hydrogen-bond acceptors (Lipinski definition) is 5. The van der Waals surface area contributed by atoms with E-state index in [4.69, 9.17) is 13.5 Å². The van der Waals surface area contributed by atoms with Crippen LogP contribution in [-0.2, 0) is 13.6 Å². The Bertz CT molecular complexity index is 325. The molecule has 1 heterocycles. The number of hydrogen-bond donors (Lipinski definition) is 1. The van der Waals surface area contributed by atoms with Crippen LogP contribution in [-0.4, -0.2) is 24.9 Å². The number of furan rings is 1. The first-order valence-electron chi connectivity index (χ1n) is 5.21. The molecule has 1 unspecified atom stereocenters. The third-order valence-corrected chi connectivity index (χ3v) is 4.46. The molecule has 0 spiro atoms. The Labute approximate surface area is 94.9 Å². The molecular formula is C10H17O5P. The van der Waals surface area contributed by atoms with Gasteiger partial charge in [0.15, 0.2) is 0 Å². The fraction of sp³-hybridized carbons (Fsp3) is 0.600. The van der Waals surface area contributed by atoms with Crippen molar-refractivity contribution >= 4 is 7.60 Å². The van der Waals surface area contributed by atoms with E-state index in [2.05, 4.69) is 0 Å². The number of aliphatic hydroxyl groups excluding tert-OH is 1. The molecule has 1 aromatic rings. The van der Waals surface area contributed by atoms with Crippen LogP contribution in [0.2, 0.25) is 0 Å². The summed E-state index contributed by atoms with van der Waals surface area (Å²) in [5.41, 5.74) is -0.762. The molecule has 6 heteroatoms. The second-order valence-electron chi connectivity index (χ2n) is 3.09. The minimum atomic E-state index is -3.36. The third-order valence-electron chi connectivity index (χ3n) is 2.04. The van der Waals surface area contributed by atoms with E-state index in [9.17, 15) is 9.67 Å². The molecule has 0 saturated heterocycles. The largest absolute Gasteiger partial charge is 0.468 e. The van der Waals surface area contributed by atoms with Crippen LogP contribution in [0.1, 0.15) is 25.3 Å². The highest BCUT2D eigenvalue weighted by Gasteiger charge is 2.38. The molecule has 0 aliphatic heterocycles. The van der Waals surface area contributed by atoms with E-state index in [1.165, 1.54) is 6.26 Å². The van der Waals surface area contributed by atoms with Crippen LogP contribution in [0.25, 0.3) is 0 Å². The zero-order valence-electron chi connectivity index (χ0n) is 9.46. The summed E-state index contributed by atoms with van der Waals surface area (Å²) in [6.07, 6.45) is 1.46. The van der Waals surface area contributed by atoms with E-state index in [-0.39, 0.29) is 19.8 Å². The fourth-order valence-corrected chi connectivity index (χ4v) is 3.22. The summed E-state index contributed by atoms with van der Waals surface area (Å²) in [6.45, 7) is 3.62. The number of aliphatic hydroxyl groups is 1. The van der Waals surface area contributed by atoms with Crippen molar-refractivity contribution in [1.82, 2.24) is 0 Å². The van der Waals surface area contributed by atoms with Gasteiger partial charge in [0, 0.05) is 0 Å². The molecule has 1 rings (SSSR count). The molecule has 0 aromatic carbocycles. The molecule has 0 fully saturated rings. The highest BCUT2D eigenvalue weighted by Crippen LogP contribution is 2.60. The van der Waals surface area contributed by atoms with Crippen molar-refractivity contribution in [2.45, 2.75) is 19.5 Å². The molecule has 0 amide bonds. The molecule has 0 bridgehead atoms. The highest BCUT2D eigenvalue weighted by atomic mass is 31.2. The lowest BCUT2D eigenvalue weighted by Gasteiger charge is -2.23. The van der Waals surface area contributed by atoms with Gasteiger partial charge in [-0.3, -0.25) is 4.57 Å². The van der Waals surface area contributed by atoms with Gasteiger partial charge in [-0.05, 0) is 26.0 Å². The molecule has 0 radical (unpaired) electrons. The maximum absolute atomic E-state index is 12.4. The van der Waals surface area contributed by atoms with Gasteiger partial charge in [0.25, 0.3) is 0 Å². The van der Waals surface area contributed by atoms with Gasteiger partial charge in [-0.2, -0.15) is 0 Å². The monoisotopic (exact) mass is 248 g/mol. The Hall–Kier alpha value is -0.610. The lowest BCUT2D eigenvalue weighted by molar-refractivity contribution is 0.188. The third kappa shape index (κ3) is 2.95. The summed E-state index contributed by atoms with van der Waals surface area (Å²) in [4.78, 5) is 0. The van der Waals surface area contributed by atoms with Crippen molar-refractivity contribution in [3.05, 3.63) is 24.2 Å². The average Bonchev–Trinajstić information content (AvgIpc) is 2.72. The number of rotatable bonds is 7. The van der Waals surface area contributed by atoms with E-state index in [1.54, 1.807) is 26.0 Å². The molecular weight excluding hydrogens is 231 g/mol. The second kappa shape index (κ2) is 6.21. The molecule has 5 nitrogen and oxygen atoms in total. The van der Waals surface area contributed by atoms with Crippen LogP contribution in [0.3, 0.4) is 0 Å². The van der Waals surface area contributed by atoms with Crippen LogP contribution < -0.4 is 0 Å². The first-order valence-corrected chi connectivity index (χ1v) is 6.82. The molecule has 0 aliphatic carbocycles. The molecule has 0 saturated carbocycles. The summed E-state index contributed by atoms with van der Waals surface area (Å²) >= 11 is 0. The van der Waals surface area contributed by atoms with E-state index in [1.807, 2.05) is 0 Å². The minimum absolute atomic E-state index is 0.258. The van der Waals surface area contributed by atoms with Crippen LogP contribution in [0.5, 0.6) is 0 Å². The van der Waals surface area contributed by atoms with Crippen molar-refractivity contribution < 1.29 is 23.1 Å². The summed E-state index contributed by atoms with van der Waals surface area (Å²) in [5.74, 6) is 0.410. The van der Waals surface area contributed by atoms with Gasteiger partial charge in [-0.25, -0.2) is 0 Å². The quantitative estimate of drug-likeness (QED) is 0.751. The Kier molecular flexibility index (Phi) is 5.22. The van der Waals surface area contributed by atoms with Gasteiger partial charge in [0.05, 0.1) is 26.1 Å². The van der Waals surface area contributed by atoms with Gasteiger partial charge < -0.3 is 18.6 Å². The summed E-state index contributed by atoms with van der Waals surface area (Å²) in [7, 11) is -3.36. The van der Waals surface area contributed by atoms with Crippen LogP contribution in [0.15, 0.2) is 22.8 Å². The Morgan fingerprint density at radius 2 is 2.06 bits per heavy atom. The predicted molar refractivity (Wildman–Crippen MR) is 59.4 cm³/mol. The van der Waals surface area contributed by atoms with E-state index < -0.39 is 13.3 Å². The Balaban J connectivity index is 2.94. The molecule has 92 valence electrons. The maximum Gasteiger partial charge on any atom is 0.343 e. The van der Waals surface area contributed by atoms with Crippen LogP contribution >= 0.6 is 7.60 Å². The van der Waals surface area contributed by atoms with Crippen molar-refractivity contribution in [2.75, 3.05) is 19.8 Å². The summed E-state index contributed by atoms with van der Waals surface area (Å²) in [5, 5.41) is 9.29. The first-order chi connectivity index (χ1) is 7.68. The lowest BCUT2D eigenvalue weighted by atomic mass is 10.3. The highest BCUT2D eigenvalue weighted by molar-refractivity contribution is 7.54. The van der Waals surface area contributed by atoms with Gasteiger partial charge in [-0.1, -0.05) is 0 Å².